The average molecular weight is 226 g/mol. The molecule has 96 valence electrons. The molecule has 0 bridgehead atoms. The van der Waals surface area contributed by atoms with Crippen molar-refractivity contribution in [1.29, 1.82) is 0 Å². The SMILES string of the molecule is CC=CC(C)CC(C)CCCC(C)(O)CC. The van der Waals surface area contributed by atoms with Gasteiger partial charge in [0.25, 0.3) is 0 Å². The van der Waals surface area contributed by atoms with Gasteiger partial charge in [0, 0.05) is 0 Å². The van der Waals surface area contributed by atoms with Gasteiger partial charge in [-0.05, 0) is 44.9 Å². The van der Waals surface area contributed by atoms with Gasteiger partial charge in [-0.2, -0.15) is 0 Å². The van der Waals surface area contributed by atoms with Crippen molar-refractivity contribution in [2.24, 2.45) is 11.8 Å². The van der Waals surface area contributed by atoms with Crippen molar-refractivity contribution >= 4 is 0 Å². The Labute approximate surface area is 102 Å². The molecule has 0 rings (SSSR count). The summed E-state index contributed by atoms with van der Waals surface area (Å²) in [5, 5.41) is 9.89. The predicted octanol–water partition coefficient (Wildman–Crippen LogP) is 4.56. The summed E-state index contributed by atoms with van der Waals surface area (Å²) in [4.78, 5) is 0. The van der Waals surface area contributed by atoms with E-state index in [9.17, 15) is 5.11 Å². The predicted molar refractivity (Wildman–Crippen MR) is 72.5 cm³/mol. The molecule has 0 aliphatic rings. The van der Waals surface area contributed by atoms with Gasteiger partial charge in [-0.1, -0.05) is 45.8 Å². The Morgan fingerprint density at radius 2 is 1.94 bits per heavy atom. The van der Waals surface area contributed by atoms with E-state index < -0.39 is 5.60 Å². The lowest BCUT2D eigenvalue weighted by Gasteiger charge is -2.22. The van der Waals surface area contributed by atoms with Crippen LogP contribution in [-0.2, 0) is 0 Å². The molecule has 0 aromatic heterocycles. The third-order valence-corrected chi connectivity index (χ3v) is 3.47. The molecule has 1 nitrogen and oxygen atoms in total. The Bertz CT molecular complexity index is 194. The zero-order valence-electron chi connectivity index (χ0n) is 11.8. The van der Waals surface area contributed by atoms with Gasteiger partial charge >= 0.3 is 0 Å². The zero-order chi connectivity index (χ0) is 12.6. The Morgan fingerprint density at radius 3 is 2.44 bits per heavy atom. The summed E-state index contributed by atoms with van der Waals surface area (Å²) in [6, 6.07) is 0. The molecule has 0 radical (unpaired) electrons. The largest absolute Gasteiger partial charge is 0.390 e. The second-order valence-electron chi connectivity index (χ2n) is 5.59. The van der Waals surface area contributed by atoms with Crippen LogP contribution in [0.3, 0.4) is 0 Å². The third-order valence-electron chi connectivity index (χ3n) is 3.47. The van der Waals surface area contributed by atoms with Gasteiger partial charge in [0.15, 0.2) is 0 Å². The minimum atomic E-state index is -0.450. The molecule has 0 aromatic rings. The Hall–Kier alpha value is -0.300. The van der Waals surface area contributed by atoms with Gasteiger partial charge in [0.2, 0.25) is 0 Å². The van der Waals surface area contributed by atoms with Crippen LogP contribution in [0.15, 0.2) is 12.2 Å². The first-order valence-electron chi connectivity index (χ1n) is 6.76. The van der Waals surface area contributed by atoms with Crippen LogP contribution in [0, 0.1) is 11.8 Å². The molecule has 16 heavy (non-hydrogen) atoms. The van der Waals surface area contributed by atoms with Crippen LogP contribution in [0.2, 0.25) is 0 Å². The molecular weight excluding hydrogens is 196 g/mol. The minimum Gasteiger partial charge on any atom is -0.390 e. The van der Waals surface area contributed by atoms with E-state index >= 15 is 0 Å². The maximum Gasteiger partial charge on any atom is 0.0617 e. The van der Waals surface area contributed by atoms with Crippen LogP contribution >= 0.6 is 0 Å². The van der Waals surface area contributed by atoms with E-state index in [4.69, 9.17) is 0 Å². The maximum absolute atomic E-state index is 9.89. The monoisotopic (exact) mass is 226 g/mol. The van der Waals surface area contributed by atoms with E-state index in [2.05, 4.69) is 39.8 Å². The van der Waals surface area contributed by atoms with Crippen molar-refractivity contribution < 1.29 is 5.11 Å². The van der Waals surface area contributed by atoms with Gasteiger partial charge in [0.05, 0.1) is 5.60 Å². The van der Waals surface area contributed by atoms with Crippen LogP contribution in [0.25, 0.3) is 0 Å². The van der Waals surface area contributed by atoms with Crippen molar-refractivity contribution in [3.63, 3.8) is 0 Å². The van der Waals surface area contributed by atoms with Crippen LogP contribution in [0.4, 0.5) is 0 Å². The summed E-state index contributed by atoms with van der Waals surface area (Å²) >= 11 is 0. The molecule has 0 aromatic carbocycles. The molecule has 0 aliphatic carbocycles. The highest BCUT2D eigenvalue weighted by Gasteiger charge is 2.17. The molecule has 0 saturated heterocycles. The second kappa shape index (κ2) is 7.89. The molecule has 0 spiro atoms. The topological polar surface area (TPSA) is 20.2 Å². The van der Waals surface area contributed by atoms with Crippen LogP contribution < -0.4 is 0 Å². The van der Waals surface area contributed by atoms with Gasteiger partial charge < -0.3 is 5.11 Å². The Morgan fingerprint density at radius 1 is 1.31 bits per heavy atom. The molecule has 0 saturated carbocycles. The van der Waals surface area contributed by atoms with E-state index in [1.165, 1.54) is 12.8 Å². The fourth-order valence-electron chi connectivity index (χ4n) is 2.17. The normalized spacial score (nSPS) is 19.6. The molecule has 0 heterocycles. The summed E-state index contributed by atoms with van der Waals surface area (Å²) in [7, 11) is 0. The van der Waals surface area contributed by atoms with Gasteiger partial charge in [-0.15, -0.1) is 0 Å². The maximum atomic E-state index is 9.89. The first kappa shape index (κ1) is 15.7. The molecule has 0 fully saturated rings. The van der Waals surface area contributed by atoms with Gasteiger partial charge in [0.1, 0.15) is 0 Å². The molecule has 3 unspecified atom stereocenters. The van der Waals surface area contributed by atoms with Crippen LogP contribution in [-0.4, -0.2) is 10.7 Å². The first-order chi connectivity index (χ1) is 7.41. The number of allylic oxidation sites excluding steroid dienone is 2. The average Bonchev–Trinajstić information content (AvgIpc) is 2.17. The van der Waals surface area contributed by atoms with Crippen molar-refractivity contribution in [1.82, 2.24) is 0 Å². The lowest BCUT2D eigenvalue weighted by Crippen LogP contribution is -2.22. The smallest absolute Gasteiger partial charge is 0.0617 e. The lowest BCUT2D eigenvalue weighted by molar-refractivity contribution is 0.0432. The first-order valence-corrected chi connectivity index (χ1v) is 6.76. The van der Waals surface area contributed by atoms with Crippen molar-refractivity contribution in [3.8, 4) is 0 Å². The molecule has 1 heteroatoms. The van der Waals surface area contributed by atoms with E-state index in [0.29, 0.717) is 5.92 Å². The molecule has 0 aliphatic heterocycles. The standard InChI is InChI=1S/C15H30O/c1-6-9-13(3)12-14(4)10-8-11-15(5,16)7-2/h6,9,13-14,16H,7-8,10-12H2,1-5H3. The number of aliphatic hydroxyl groups is 1. The summed E-state index contributed by atoms with van der Waals surface area (Å²) in [6.45, 7) is 10.7. The van der Waals surface area contributed by atoms with Gasteiger partial charge in [-0.3, -0.25) is 0 Å². The molecule has 1 N–H and O–H groups in total. The molecule has 3 atom stereocenters. The van der Waals surface area contributed by atoms with E-state index in [0.717, 1.165) is 25.2 Å². The number of hydrogen-bond acceptors (Lipinski definition) is 1. The molecule has 0 amide bonds. The Balaban J connectivity index is 3.69. The zero-order valence-corrected chi connectivity index (χ0v) is 11.8. The quantitative estimate of drug-likeness (QED) is 0.602. The van der Waals surface area contributed by atoms with Gasteiger partial charge in [-0.25, -0.2) is 0 Å². The molecular formula is C15H30O. The Kier molecular flexibility index (Phi) is 7.74. The highest BCUT2D eigenvalue weighted by molar-refractivity contribution is 4.83. The van der Waals surface area contributed by atoms with E-state index in [1.54, 1.807) is 0 Å². The third kappa shape index (κ3) is 7.92. The van der Waals surface area contributed by atoms with Crippen LogP contribution in [0.5, 0.6) is 0 Å². The van der Waals surface area contributed by atoms with E-state index in [1.807, 2.05) is 6.92 Å². The van der Waals surface area contributed by atoms with E-state index in [-0.39, 0.29) is 0 Å². The summed E-state index contributed by atoms with van der Waals surface area (Å²) < 4.78 is 0. The summed E-state index contributed by atoms with van der Waals surface area (Å²) in [6.07, 6.45) is 9.85. The van der Waals surface area contributed by atoms with Crippen molar-refractivity contribution in [2.75, 3.05) is 0 Å². The number of rotatable bonds is 8. The minimum absolute atomic E-state index is 0.450. The number of hydrogen-bond donors (Lipinski definition) is 1. The lowest BCUT2D eigenvalue weighted by atomic mass is 9.89. The van der Waals surface area contributed by atoms with Crippen LogP contribution in [0.1, 0.15) is 66.7 Å². The fourth-order valence-corrected chi connectivity index (χ4v) is 2.17. The van der Waals surface area contributed by atoms with Crippen molar-refractivity contribution in [3.05, 3.63) is 12.2 Å². The highest BCUT2D eigenvalue weighted by Crippen LogP contribution is 2.22. The highest BCUT2D eigenvalue weighted by atomic mass is 16.3. The second-order valence-corrected chi connectivity index (χ2v) is 5.59. The summed E-state index contributed by atoms with van der Waals surface area (Å²) in [5.41, 5.74) is -0.450. The van der Waals surface area contributed by atoms with Crippen molar-refractivity contribution in [2.45, 2.75) is 72.3 Å². The fraction of sp³-hybridized carbons (Fsp3) is 0.867. The summed E-state index contributed by atoms with van der Waals surface area (Å²) in [5.74, 6) is 1.45.